The van der Waals surface area contributed by atoms with Crippen LogP contribution in [-0.2, 0) is 11.8 Å². The van der Waals surface area contributed by atoms with Crippen LogP contribution in [0.1, 0.15) is 48.9 Å². The lowest BCUT2D eigenvalue weighted by molar-refractivity contribution is 0.787. The lowest BCUT2D eigenvalue weighted by Crippen LogP contribution is -1.98. The zero-order chi connectivity index (χ0) is 14.6. The fraction of sp³-hybridized carbons (Fsp3) is 0.400. The highest BCUT2D eigenvalue weighted by Gasteiger charge is 2.38. The predicted octanol–water partition coefficient (Wildman–Crippen LogP) is 5.60. The van der Waals surface area contributed by atoms with E-state index < -0.39 is 0 Å². The van der Waals surface area contributed by atoms with Crippen molar-refractivity contribution in [2.24, 2.45) is 0 Å². The normalized spacial score (nSPS) is 15.2. The lowest BCUT2D eigenvalue weighted by atomic mass is 9.98. The molecule has 3 rings (SSSR count). The number of aryl methyl sites for hydroxylation is 3. The van der Waals surface area contributed by atoms with Gasteiger partial charge in [-0.05, 0) is 49.7 Å². The summed E-state index contributed by atoms with van der Waals surface area (Å²) in [5.41, 5.74) is 6.17. The Balaban J connectivity index is 0.000000151. The molecule has 106 valence electrons. The van der Waals surface area contributed by atoms with Gasteiger partial charge >= 0.3 is 0 Å². The summed E-state index contributed by atoms with van der Waals surface area (Å²) in [6.45, 7) is 8.76. The number of rotatable bonds is 2. The van der Waals surface area contributed by atoms with Gasteiger partial charge in [0.1, 0.15) is 0 Å². The van der Waals surface area contributed by atoms with E-state index in [1.165, 1.54) is 35.1 Å². The van der Waals surface area contributed by atoms with Crippen molar-refractivity contribution in [2.45, 2.75) is 52.4 Å². The summed E-state index contributed by atoms with van der Waals surface area (Å²) >= 11 is 0. The molecule has 0 heteroatoms. The summed E-state index contributed by atoms with van der Waals surface area (Å²) in [4.78, 5) is 0. The zero-order valence-electron chi connectivity index (χ0n) is 13.2. The summed E-state index contributed by atoms with van der Waals surface area (Å²) in [5.74, 6) is 0. The van der Waals surface area contributed by atoms with Crippen molar-refractivity contribution in [1.29, 1.82) is 0 Å². The minimum absolute atomic E-state index is 0.535. The molecule has 0 saturated heterocycles. The molecule has 2 aromatic rings. The highest BCUT2D eigenvalue weighted by molar-refractivity contribution is 5.32. The van der Waals surface area contributed by atoms with Gasteiger partial charge < -0.3 is 0 Å². The van der Waals surface area contributed by atoms with Gasteiger partial charge in [-0.15, -0.1) is 0 Å². The van der Waals surface area contributed by atoms with E-state index in [-0.39, 0.29) is 0 Å². The minimum Gasteiger partial charge on any atom is -0.0613 e. The first kappa shape index (κ1) is 14.8. The molecule has 0 aliphatic heterocycles. The van der Waals surface area contributed by atoms with E-state index in [4.69, 9.17) is 0 Å². The monoisotopic (exact) mass is 266 g/mol. The van der Waals surface area contributed by atoms with Crippen LogP contribution in [0.15, 0.2) is 48.5 Å². The van der Waals surface area contributed by atoms with Crippen molar-refractivity contribution in [3.8, 4) is 0 Å². The van der Waals surface area contributed by atoms with Gasteiger partial charge in [-0.2, -0.15) is 0 Å². The first-order chi connectivity index (χ1) is 9.53. The molecule has 0 unspecified atom stereocenters. The fourth-order valence-electron chi connectivity index (χ4n) is 2.26. The molecule has 1 fully saturated rings. The third-order valence-corrected chi connectivity index (χ3v) is 4.28. The van der Waals surface area contributed by atoms with Crippen LogP contribution in [0.5, 0.6) is 0 Å². The maximum Gasteiger partial charge on any atom is -0.00746 e. The highest BCUT2D eigenvalue weighted by Crippen LogP contribution is 2.47. The maximum absolute atomic E-state index is 2.34. The smallest absolute Gasteiger partial charge is 0.00746 e. The molecule has 0 spiro atoms. The van der Waals surface area contributed by atoms with E-state index in [1.54, 1.807) is 0 Å². The van der Waals surface area contributed by atoms with E-state index in [0.29, 0.717) is 5.41 Å². The van der Waals surface area contributed by atoms with Crippen LogP contribution in [0, 0.1) is 13.8 Å². The fourth-order valence-corrected chi connectivity index (χ4v) is 2.26. The molecule has 0 N–H and O–H groups in total. The Hall–Kier alpha value is -1.56. The Morgan fingerprint density at radius 3 is 1.65 bits per heavy atom. The highest BCUT2D eigenvalue weighted by atomic mass is 14.4. The van der Waals surface area contributed by atoms with Crippen molar-refractivity contribution in [1.82, 2.24) is 0 Å². The predicted molar refractivity (Wildman–Crippen MR) is 88.3 cm³/mol. The van der Waals surface area contributed by atoms with Crippen molar-refractivity contribution in [2.75, 3.05) is 0 Å². The second-order valence-electron chi connectivity index (χ2n) is 6.27. The summed E-state index contributed by atoms with van der Waals surface area (Å²) < 4.78 is 0. The topological polar surface area (TPSA) is 0 Å². The number of hydrogen-bond acceptors (Lipinski definition) is 0. The molecule has 0 aromatic heterocycles. The molecule has 2 aromatic carbocycles. The van der Waals surface area contributed by atoms with Gasteiger partial charge in [0.2, 0.25) is 0 Å². The second kappa shape index (κ2) is 6.26. The molecule has 0 heterocycles. The SMILES string of the molecule is CCc1ccc(C)cc1.Cc1ccc(C2(C)CC2)cc1. The molecule has 1 aliphatic rings. The van der Waals surface area contributed by atoms with E-state index in [2.05, 4.69) is 76.2 Å². The Kier molecular flexibility index (Phi) is 4.65. The molecule has 1 aliphatic carbocycles. The van der Waals surface area contributed by atoms with Crippen LogP contribution in [-0.4, -0.2) is 0 Å². The largest absolute Gasteiger partial charge is 0.0613 e. The van der Waals surface area contributed by atoms with Gasteiger partial charge in [-0.25, -0.2) is 0 Å². The van der Waals surface area contributed by atoms with Gasteiger partial charge in [-0.3, -0.25) is 0 Å². The summed E-state index contributed by atoms with van der Waals surface area (Å²) in [7, 11) is 0. The van der Waals surface area contributed by atoms with Crippen molar-refractivity contribution >= 4 is 0 Å². The first-order valence-corrected chi connectivity index (χ1v) is 7.66. The van der Waals surface area contributed by atoms with Crippen LogP contribution < -0.4 is 0 Å². The maximum atomic E-state index is 2.34. The molecule has 0 nitrogen and oxygen atoms in total. The zero-order valence-corrected chi connectivity index (χ0v) is 13.2. The molecule has 1 saturated carbocycles. The Labute approximate surface area is 123 Å². The van der Waals surface area contributed by atoms with Gasteiger partial charge in [-0.1, -0.05) is 73.5 Å². The lowest BCUT2D eigenvalue weighted by Gasteiger charge is -2.07. The summed E-state index contributed by atoms with van der Waals surface area (Å²) in [6, 6.07) is 17.6. The molecule has 0 amide bonds. The Bertz CT molecular complexity index is 527. The Morgan fingerprint density at radius 2 is 1.25 bits per heavy atom. The third-order valence-electron chi connectivity index (χ3n) is 4.28. The summed E-state index contributed by atoms with van der Waals surface area (Å²) in [5, 5.41) is 0. The van der Waals surface area contributed by atoms with Crippen LogP contribution in [0.2, 0.25) is 0 Å². The molecule has 0 radical (unpaired) electrons. The quantitative estimate of drug-likeness (QED) is 0.663. The van der Waals surface area contributed by atoms with Gasteiger partial charge in [0.25, 0.3) is 0 Å². The molecule has 0 bridgehead atoms. The molecule has 0 atom stereocenters. The van der Waals surface area contributed by atoms with Crippen LogP contribution in [0.3, 0.4) is 0 Å². The van der Waals surface area contributed by atoms with E-state index in [1.807, 2.05) is 0 Å². The average Bonchev–Trinajstić information content (AvgIpc) is 3.20. The van der Waals surface area contributed by atoms with Crippen LogP contribution in [0.25, 0.3) is 0 Å². The van der Waals surface area contributed by atoms with Gasteiger partial charge in [0.05, 0.1) is 0 Å². The van der Waals surface area contributed by atoms with E-state index in [0.717, 1.165) is 6.42 Å². The summed E-state index contributed by atoms with van der Waals surface area (Å²) in [6.07, 6.45) is 3.88. The van der Waals surface area contributed by atoms with Crippen molar-refractivity contribution in [3.63, 3.8) is 0 Å². The van der Waals surface area contributed by atoms with Crippen molar-refractivity contribution in [3.05, 3.63) is 70.8 Å². The Morgan fingerprint density at radius 1 is 0.800 bits per heavy atom. The second-order valence-corrected chi connectivity index (χ2v) is 6.27. The number of hydrogen-bond donors (Lipinski definition) is 0. The van der Waals surface area contributed by atoms with Crippen LogP contribution in [0.4, 0.5) is 0 Å². The third kappa shape index (κ3) is 3.96. The molecule has 20 heavy (non-hydrogen) atoms. The van der Waals surface area contributed by atoms with Gasteiger partial charge in [0, 0.05) is 0 Å². The van der Waals surface area contributed by atoms with E-state index in [9.17, 15) is 0 Å². The standard InChI is InChI=1S/C11H14.C9H12/c1-9-3-5-10(6-4-9)11(2)7-8-11;1-3-9-6-4-8(2)5-7-9/h3-6H,7-8H2,1-2H3;4-7H,3H2,1-2H3. The molecular weight excluding hydrogens is 240 g/mol. The minimum atomic E-state index is 0.535. The van der Waals surface area contributed by atoms with Crippen LogP contribution >= 0.6 is 0 Å². The van der Waals surface area contributed by atoms with Crippen molar-refractivity contribution < 1.29 is 0 Å². The van der Waals surface area contributed by atoms with Gasteiger partial charge in [0.15, 0.2) is 0 Å². The number of benzene rings is 2. The average molecular weight is 266 g/mol. The van der Waals surface area contributed by atoms with E-state index >= 15 is 0 Å². The first-order valence-electron chi connectivity index (χ1n) is 7.66. The molecular formula is C20H26.